The standard InChI is InChI=1S/C14H20FNO2/c1-14(2,18)10-16(3)9-12(17)8-11-6-4-5-7-13(11)15/h4-7,18H,8-10H2,1-3H3. The summed E-state index contributed by atoms with van der Waals surface area (Å²) in [4.78, 5) is 13.5. The van der Waals surface area contributed by atoms with Crippen LogP contribution in [-0.2, 0) is 11.2 Å². The molecule has 3 nitrogen and oxygen atoms in total. The minimum atomic E-state index is -0.840. The first-order valence-electron chi connectivity index (χ1n) is 5.94. The van der Waals surface area contributed by atoms with Crippen molar-refractivity contribution in [3.05, 3.63) is 35.6 Å². The van der Waals surface area contributed by atoms with Gasteiger partial charge in [-0.2, -0.15) is 0 Å². The van der Waals surface area contributed by atoms with Crippen molar-refractivity contribution < 1.29 is 14.3 Å². The molecule has 18 heavy (non-hydrogen) atoms. The lowest BCUT2D eigenvalue weighted by Gasteiger charge is -2.24. The molecule has 1 aromatic carbocycles. The van der Waals surface area contributed by atoms with Crippen LogP contribution in [-0.4, -0.2) is 41.5 Å². The van der Waals surface area contributed by atoms with Crippen LogP contribution < -0.4 is 0 Å². The summed E-state index contributed by atoms with van der Waals surface area (Å²) in [5, 5.41) is 9.62. The van der Waals surface area contributed by atoms with Crippen LogP contribution in [0.4, 0.5) is 4.39 Å². The van der Waals surface area contributed by atoms with Gasteiger partial charge < -0.3 is 5.11 Å². The summed E-state index contributed by atoms with van der Waals surface area (Å²) in [5.74, 6) is -0.414. The molecule has 1 N–H and O–H groups in total. The predicted octanol–water partition coefficient (Wildman–Crippen LogP) is 1.64. The van der Waals surface area contributed by atoms with Gasteiger partial charge in [0.25, 0.3) is 0 Å². The first-order chi connectivity index (χ1) is 8.28. The smallest absolute Gasteiger partial charge is 0.151 e. The molecule has 0 heterocycles. The molecule has 100 valence electrons. The van der Waals surface area contributed by atoms with Crippen molar-refractivity contribution in [1.82, 2.24) is 4.90 Å². The lowest BCUT2D eigenvalue weighted by molar-refractivity contribution is -0.119. The zero-order chi connectivity index (χ0) is 13.8. The average molecular weight is 253 g/mol. The third-order valence-electron chi connectivity index (χ3n) is 2.45. The van der Waals surface area contributed by atoms with E-state index in [9.17, 15) is 14.3 Å². The van der Waals surface area contributed by atoms with Crippen molar-refractivity contribution >= 4 is 5.78 Å². The molecule has 0 unspecified atom stereocenters. The maximum atomic E-state index is 13.4. The molecule has 0 saturated carbocycles. The van der Waals surface area contributed by atoms with Gasteiger partial charge in [-0.3, -0.25) is 9.69 Å². The molecule has 0 fully saturated rings. The minimum absolute atomic E-state index is 0.0631. The molecule has 0 radical (unpaired) electrons. The average Bonchev–Trinajstić information content (AvgIpc) is 2.18. The van der Waals surface area contributed by atoms with Crippen molar-refractivity contribution in [2.75, 3.05) is 20.1 Å². The minimum Gasteiger partial charge on any atom is -0.389 e. The second-order valence-corrected chi connectivity index (χ2v) is 5.29. The summed E-state index contributed by atoms with van der Waals surface area (Å²) in [5.41, 5.74) is -0.424. The van der Waals surface area contributed by atoms with Gasteiger partial charge in [-0.25, -0.2) is 4.39 Å². The number of likely N-dealkylation sites (N-methyl/N-ethyl adjacent to an activating group) is 1. The number of carbonyl (C=O) groups is 1. The molecule has 0 atom stereocenters. The van der Waals surface area contributed by atoms with Gasteiger partial charge in [-0.15, -0.1) is 0 Å². The van der Waals surface area contributed by atoms with Crippen LogP contribution in [0.15, 0.2) is 24.3 Å². The van der Waals surface area contributed by atoms with Crippen LogP contribution in [0.2, 0.25) is 0 Å². The number of aliphatic hydroxyl groups is 1. The Hall–Kier alpha value is -1.26. The molecule has 0 aliphatic carbocycles. The molecule has 0 amide bonds. The SMILES string of the molecule is CN(CC(=O)Cc1ccccc1F)CC(C)(C)O. The molecule has 4 heteroatoms. The van der Waals surface area contributed by atoms with Crippen LogP contribution in [0.25, 0.3) is 0 Å². The van der Waals surface area contributed by atoms with E-state index in [0.717, 1.165) is 0 Å². The van der Waals surface area contributed by atoms with E-state index in [0.29, 0.717) is 12.1 Å². The van der Waals surface area contributed by atoms with Gasteiger partial charge in [0.15, 0.2) is 5.78 Å². The molecule has 1 aromatic rings. The normalized spacial score (nSPS) is 11.9. The highest BCUT2D eigenvalue weighted by molar-refractivity contribution is 5.82. The second kappa shape index (κ2) is 6.07. The van der Waals surface area contributed by atoms with Gasteiger partial charge in [0.05, 0.1) is 12.1 Å². The van der Waals surface area contributed by atoms with Crippen LogP contribution in [0.3, 0.4) is 0 Å². The Morgan fingerprint density at radius 1 is 1.39 bits per heavy atom. The first-order valence-corrected chi connectivity index (χ1v) is 5.94. The maximum absolute atomic E-state index is 13.4. The second-order valence-electron chi connectivity index (χ2n) is 5.29. The summed E-state index contributed by atoms with van der Waals surface area (Å²) in [7, 11) is 1.76. The molecule has 0 spiro atoms. The highest BCUT2D eigenvalue weighted by Crippen LogP contribution is 2.08. The Bertz CT molecular complexity index is 413. The predicted molar refractivity (Wildman–Crippen MR) is 68.9 cm³/mol. The van der Waals surface area contributed by atoms with E-state index in [1.807, 2.05) is 0 Å². The molecule has 1 rings (SSSR count). The Balaban J connectivity index is 2.50. The number of carbonyl (C=O) groups excluding carboxylic acids is 1. The number of hydrogen-bond acceptors (Lipinski definition) is 3. The van der Waals surface area contributed by atoms with Gasteiger partial charge >= 0.3 is 0 Å². The third kappa shape index (κ3) is 5.38. The van der Waals surface area contributed by atoms with Gasteiger partial charge in [-0.1, -0.05) is 18.2 Å². The Kier molecular flexibility index (Phi) is 4.99. The fraction of sp³-hybridized carbons (Fsp3) is 0.500. The number of benzene rings is 1. The van der Waals surface area contributed by atoms with E-state index < -0.39 is 5.60 Å². The maximum Gasteiger partial charge on any atom is 0.151 e. The molecule has 0 aliphatic heterocycles. The van der Waals surface area contributed by atoms with Crippen LogP contribution in [0.1, 0.15) is 19.4 Å². The summed E-state index contributed by atoms with van der Waals surface area (Å²) in [6, 6.07) is 6.28. The highest BCUT2D eigenvalue weighted by atomic mass is 19.1. The van der Waals surface area contributed by atoms with Gasteiger partial charge in [-0.05, 0) is 32.5 Å². The highest BCUT2D eigenvalue weighted by Gasteiger charge is 2.17. The zero-order valence-electron chi connectivity index (χ0n) is 11.1. The van der Waals surface area contributed by atoms with Crippen LogP contribution in [0, 0.1) is 5.82 Å². The third-order valence-corrected chi connectivity index (χ3v) is 2.45. The largest absolute Gasteiger partial charge is 0.389 e. The van der Waals surface area contributed by atoms with Gasteiger partial charge in [0.2, 0.25) is 0 Å². The molecule has 0 aliphatic rings. The van der Waals surface area contributed by atoms with E-state index in [2.05, 4.69) is 0 Å². The number of ketones is 1. The number of hydrogen-bond donors (Lipinski definition) is 1. The Morgan fingerprint density at radius 2 is 2.00 bits per heavy atom. The van der Waals surface area contributed by atoms with Crippen molar-refractivity contribution in [1.29, 1.82) is 0 Å². The summed E-state index contributed by atoms with van der Waals surface area (Å²) in [6.07, 6.45) is 0.0862. The van der Waals surface area contributed by atoms with E-state index in [-0.39, 0.29) is 24.6 Å². The summed E-state index contributed by atoms with van der Waals surface area (Å²) >= 11 is 0. The lowest BCUT2D eigenvalue weighted by atomic mass is 10.1. The van der Waals surface area contributed by atoms with E-state index >= 15 is 0 Å². The number of Topliss-reactive ketones (excluding diaryl/α,β-unsaturated/α-hetero) is 1. The fourth-order valence-corrected chi connectivity index (χ4v) is 1.93. The number of nitrogens with zero attached hydrogens (tertiary/aromatic N) is 1. The van der Waals surface area contributed by atoms with E-state index in [4.69, 9.17) is 0 Å². The van der Waals surface area contributed by atoms with E-state index in [1.54, 1.807) is 44.0 Å². The molecular weight excluding hydrogens is 233 g/mol. The molecule has 0 saturated heterocycles. The summed E-state index contributed by atoms with van der Waals surface area (Å²) < 4.78 is 13.4. The molecule has 0 bridgehead atoms. The lowest BCUT2D eigenvalue weighted by Crippen LogP contribution is -2.39. The monoisotopic (exact) mass is 253 g/mol. The van der Waals surface area contributed by atoms with Gasteiger partial charge in [0, 0.05) is 13.0 Å². The number of rotatable bonds is 6. The van der Waals surface area contributed by atoms with Crippen LogP contribution >= 0.6 is 0 Å². The van der Waals surface area contributed by atoms with Gasteiger partial charge in [0.1, 0.15) is 5.82 Å². The van der Waals surface area contributed by atoms with Crippen LogP contribution in [0.5, 0.6) is 0 Å². The number of halogens is 1. The summed E-state index contributed by atoms with van der Waals surface area (Å²) in [6.45, 7) is 3.98. The zero-order valence-corrected chi connectivity index (χ0v) is 11.1. The van der Waals surface area contributed by atoms with Crippen molar-refractivity contribution in [3.63, 3.8) is 0 Å². The molecule has 0 aromatic heterocycles. The quantitative estimate of drug-likeness (QED) is 0.838. The van der Waals surface area contributed by atoms with Crippen molar-refractivity contribution in [2.45, 2.75) is 25.9 Å². The topological polar surface area (TPSA) is 40.5 Å². The Morgan fingerprint density at radius 3 is 2.56 bits per heavy atom. The van der Waals surface area contributed by atoms with Crippen molar-refractivity contribution in [3.8, 4) is 0 Å². The first kappa shape index (κ1) is 14.8. The Labute approximate surface area is 107 Å². The fourth-order valence-electron chi connectivity index (χ4n) is 1.93. The van der Waals surface area contributed by atoms with E-state index in [1.165, 1.54) is 6.07 Å². The molecular formula is C14H20FNO2. The van der Waals surface area contributed by atoms with Crippen molar-refractivity contribution in [2.24, 2.45) is 0 Å².